The first-order valence-electron chi connectivity index (χ1n) is 8.41. The Kier molecular flexibility index (Phi) is 5.74. The summed E-state index contributed by atoms with van der Waals surface area (Å²) in [5.74, 6) is -1.74. The molecule has 2 aromatic carbocycles. The molecule has 1 aliphatic heterocycles. The molecule has 0 spiro atoms. The monoisotopic (exact) mass is 383 g/mol. The van der Waals surface area contributed by atoms with Gasteiger partial charge in [-0.1, -0.05) is 60.1 Å². The molecule has 0 radical (unpaired) electrons. The molecule has 1 amide bonds. The van der Waals surface area contributed by atoms with E-state index in [4.69, 9.17) is 11.6 Å². The Labute approximate surface area is 161 Å². The molecule has 6 heteroatoms. The molecule has 1 unspecified atom stereocenters. The summed E-state index contributed by atoms with van der Waals surface area (Å²) in [7, 11) is 0. The zero-order chi connectivity index (χ0) is 19.4. The molecule has 1 heterocycles. The van der Waals surface area contributed by atoms with Crippen molar-refractivity contribution < 1.29 is 19.8 Å². The predicted molar refractivity (Wildman–Crippen MR) is 103 cm³/mol. The molecule has 2 N–H and O–H groups in total. The number of nitrogens with zero attached hydrogens (tertiary/aromatic N) is 1. The molecule has 0 bridgehead atoms. The number of ketones is 1. The van der Waals surface area contributed by atoms with Crippen molar-refractivity contribution in [2.75, 3.05) is 13.2 Å². The molecule has 3 rings (SSSR count). The number of amides is 1. The van der Waals surface area contributed by atoms with E-state index in [0.717, 1.165) is 5.56 Å². The fraction of sp³-hybridized carbons (Fsp3) is 0.143. The predicted octanol–water partition coefficient (Wildman–Crippen LogP) is 3.31. The van der Waals surface area contributed by atoms with Gasteiger partial charge in [0, 0.05) is 11.6 Å². The van der Waals surface area contributed by atoms with E-state index in [1.54, 1.807) is 30.3 Å². The summed E-state index contributed by atoms with van der Waals surface area (Å²) < 4.78 is 0. The van der Waals surface area contributed by atoms with E-state index in [9.17, 15) is 19.8 Å². The fourth-order valence-corrected chi connectivity index (χ4v) is 3.19. The normalized spacial score (nSPS) is 17.2. The van der Waals surface area contributed by atoms with Gasteiger partial charge in [0.1, 0.15) is 0 Å². The summed E-state index contributed by atoms with van der Waals surface area (Å²) in [5, 5.41) is 20.2. The zero-order valence-electron chi connectivity index (χ0n) is 14.4. The van der Waals surface area contributed by atoms with E-state index in [2.05, 4.69) is 0 Å². The number of carbonyl (C=O) groups is 2. The summed E-state index contributed by atoms with van der Waals surface area (Å²) >= 11 is 5.93. The minimum atomic E-state index is -0.783. The third-order valence-corrected chi connectivity index (χ3v) is 4.57. The Morgan fingerprint density at radius 1 is 1.11 bits per heavy atom. The summed E-state index contributed by atoms with van der Waals surface area (Å²) in [6.07, 6.45) is 2.96. The maximum Gasteiger partial charge on any atom is 0.290 e. The van der Waals surface area contributed by atoms with Crippen molar-refractivity contribution in [3.8, 4) is 0 Å². The van der Waals surface area contributed by atoms with Crippen LogP contribution in [0.3, 0.4) is 0 Å². The average Bonchev–Trinajstić information content (AvgIpc) is 2.93. The van der Waals surface area contributed by atoms with Crippen LogP contribution in [0, 0.1) is 0 Å². The Balaban J connectivity index is 1.98. The first-order chi connectivity index (χ1) is 13.0. The molecular weight excluding hydrogens is 366 g/mol. The molecule has 0 aromatic heterocycles. The highest BCUT2D eigenvalue weighted by Gasteiger charge is 2.42. The highest BCUT2D eigenvalue weighted by Crippen LogP contribution is 2.38. The van der Waals surface area contributed by atoms with Crippen LogP contribution in [0.5, 0.6) is 0 Å². The van der Waals surface area contributed by atoms with Crippen LogP contribution >= 0.6 is 11.6 Å². The number of hydrogen-bond donors (Lipinski definition) is 2. The third kappa shape index (κ3) is 3.94. The Hall–Kier alpha value is -2.89. The quantitative estimate of drug-likeness (QED) is 0.750. The molecule has 1 atom stereocenters. The van der Waals surface area contributed by atoms with Crippen LogP contribution < -0.4 is 0 Å². The van der Waals surface area contributed by atoms with Gasteiger partial charge >= 0.3 is 0 Å². The minimum Gasteiger partial charge on any atom is -0.503 e. The van der Waals surface area contributed by atoms with Gasteiger partial charge in [0.2, 0.25) is 0 Å². The van der Waals surface area contributed by atoms with E-state index < -0.39 is 23.5 Å². The van der Waals surface area contributed by atoms with Crippen molar-refractivity contribution >= 4 is 29.4 Å². The van der Waals surface area contributed by atoms with Crippen LogP contribution in [0.25, 0.3) is 6.08 Å². The van der Waals surface area contributed by atoms with E-state index in [1.807, 2.05) is 30.3 Å². The van der Waals surface area contributed by atoms with Crippen molar-refractivity contribution in [1.29, 1.82) is 0 Å². The second-order valence-corrected chi connectivity index (χ2v) is 6.48. The van der Waals surface area contributed by atoms with Crippen LogP contribution in [0.15, 0.2) is 72.0 Å². The maximum atomic E-state index is 12.8. The maximum absolute atomic E-state index is 12.8. The Bertz CT molecular complexity index is 904. The SMILES string of the molecule is O=C(/C=C/c1ccccc1)C1=C(O)C(=O)N(CCO)C1c1ccc(Cl)cc1. The summed E-state index contributed by atoms with van der Waals surface area (Å²) in [6, 6.07) is 15.1. The summed E-state index contributed by atoms with van der Waals surface area (Å²) in [4.78, 5) is 26.5. The highest BCUT2D eigenvalue weighted by molar-refractivity contribution is 6.30. The van der Waals surface area contributed by atoms with E-state index in [1.165, 1.54) is 11.0 Å². The van der Waals surface area contributed by atoms with Gasteiger partial charge in [-0.3, -0.25) is 9.59 Å². The molecule has 27 heavy (non-hydrogen) atoms. The molecule has 1 aliphatic rings. The number of allylic oxidation sites excluding steroid dienone is 1. The average molecular weight is 384 g/mol. The lowest BCUT2D eigenvalue weighted by atomic mass is 9.95. The zero-order valence-corrected chi connectivity index (χ0v) is 15.1. The Morgan fingerprint density at radius 2 is 1.78 bits per heavy atom. The van der Waals surface area contributed by atoms with Crippen LogP contribution in [0.4, 0.5) is 0 Å². The molecule has 138 valence electrons. The fourth-order valence-electron chi connectivity index (χ4n) is 3.06. The Morgan fingerprint density at radius 3 is 2.41 bits per heavy atom. The first-order valence-corrected chi connectivity index (χ1v) is 8.78. The number of β-amino-alcohol motifs (C(OH)–C–C–N with tert-alkyl or cyclic N) is 1. The van der Waals surface area contributed by atoms with Crippen LogP contribution in [-0.4, -0.2) is 40.0 Å². The van der Waals surface area contributed by atoms with Crippen molar-refractivity contribution in [2.45, 2.75) is 6.04 Å². The molecule has 0 aliphatic carbocycles. The molecule has 2 aromatic rings. The van der Waals surface area contributed by atoms with Gasteiger partial charge in [-0.15, -0.1) is 0 Å². The second-order valence-electron chi connectivity index (χ2n) is 6.05. The molecule has 0 saturated carbocycles. The number of aliphatic hydroxyl groups is 2. The molecule has 0 saturated heterocycles. The highest BCUT2D eigenvalue weighted by atomic mass is 35.5. The smallest absolute Gasteiger partial charge is 0.290 e. The topological polar surface area (TPSA) is 77.8 Å². The lowest BCUT2D eigenvalue weighted by Crippen LogP contribution is -2.33. The summed E-state index contributed by atoms with van der Waals surface area (Å²) in [6.45, 7) is -0.292. The van der Waals surface area contributed by atoms with Crippen LogP contribution in [0.1, 0.15) is 17.2 Å². The van der Waals surface area contributed by atoms with Gasteiger partial charge in [0.15, 0.2) is 11.5 Å². The van der Waals surface area contributed by atoms with Crippen molar-refractivity contribution in [3.05, 3.63) is 88.2 Å². The number of aliphatic hydroxyl groups excluding tert-OH is 2. The third-order valence-electron chi connectivity index (χ3n) is 4.32. The standard InChI is InChI=1S/C21H18ClNO4/c22-16-9-7-15(8-10-16)19-18(20(26)21(27)23(19)12-13-24)17(25)11-6-14-4-2-1-3-5-14/h1-11,19,24,26H,12-13H2/b11-6+. The summed E-state index contributed by atoms with van der Waals surface area (Å²) in [5.41, 5.74) is 1.44. The number of benzene rings is 2. The van der Waals surface area contributed by atoms with Gasteiger partial charge in [0.05, 0.1) is 18.2 Å². The van der Waals surface area contributed by atoms with Gasteiger partial charge in [-0.05, 0) is 29.3 Å². The van der Waals surface area contributed by atoms with E-state index >= 15 is 0 Å². The van der Waals surface area contributed by atoms with Gasteiger partial charge in [0.25, 0.3) is 5.91 Å². The van der Waals surface area contributed by atoms with E-state index in [-0.39, 0.29) is 18.7 Å². The van der Waals surface area contributed by atoms with Crippen LogP contribution in [-0.2, 0) is 9.59 Å². The van der Waals surface area contributed by atoms with E-state index in [0.29, 0.717) is 10.6 Å². The minimum absolute atomic E-state index is 0.00460. The van der Waals surface area contributed by atoms with Crippen molar-refractivity contribution in [2.24, 2.45) is 0 Å². The molecule has 5 nitrogen and oxygen atoms in total. The first kappa shape index (κ1) is 18.9. The lowest BCUT2D eigenvalue weighted by molar-refractivity contribution is -0.129. The van der Waals surface area contributed by atoms with Crippen molar-refractivity contribution in [3.63, 3.8) is 0 Å². The largest absolute Gasteiger partial charge is 0.503 e. The van der Waals surface area contributed by atoms with Gasteiger partial charge in [-0.2, -0.15) is 0 Å². The second kappa shape index (κ2) is 8.20. The number of hydrogen-bond acceptors (Lipinski definition) is 4. The lowest BCUT2D eigenvalue weighted by Gasteiger charge is -2.25. The molecular formula is C21H18ClNO4. The van der Waals surface area contributed by atoms with Crippen molar-refractivity contribution in [1.82, 2.24) is 4.90 Å². The number of halogens is 1. The molecule has 0 fully saturated rings. The number of rotatable bonds is 6. The van der Waals surface area contributed by atoms with Gasteiger partial charge < -0.3 is 15.1 Å². The number of carbonyl (C=O) groups excluding carboxylic acids is 2. The van der Waals surface area contributed by atoms with Gasteiger partial charge in [-0.25, -0.2) is 0 Å². The van der Waals surface area contributed by atoms with Crippen LogP contribution in [0.2, 0.25) is 5.02 Å².